The van der Waals surface area contributed by atoms with E-state index in [0.29, 0.717) is 5.54 Å². The van der Waals surface area contributed by atoms with E-state index in [2.05, 4.69) is 12.2 Å². The predicted molar refractivity (Wildman–Crippen MR) is 41.0 cm³/mol. The van der Waals surface area contributed by atoms with Gasteiger partial charge in [-0.3, -0.25) is 0 Å². The number of hydrogen-bond acceptors (Lipinski definition) is 1. The van der Waals surface area contributed by atoms with E-state index in [-0.39, 0.29) is 12.4 Å². The minimum absolute atomic E-state index is 0. The largest absolute Gasteiger partial charge is 0.309 e. The maximum atomic E-state index is 3.60. The molecule has 1 N–H and O–H groups in total. The molecule has 2 fully saturated rings. The molecule has 2 bridgehead atoms. The van der Waals surface area contributed by atoms with Crippen LogP contribution in [0, 0.1) is 0 Å². The molecule has 0 aromatic heterocycles. The molecule has 2 saturated heterocycles. The topological polar surface area (TPSA) is 12.0 Å². The molecule has 0 aromatic rings. The van der Waals surface area contributed by atoms with E-state index in [0.717, 1.165) is 6.04 Å². The molecule has 2 aliphatic heterocycles. The third-order valence-corrected chi connectivity index (χ3v) is 2.64. The van der Waals surface area contributed by atoms with E-state index in [4.69, 9.17) is 0 Å². The zero-order valence-electron chi connectivity index (χ0n) is 5.81. The molecule has 2 heteroatoms. The minimum atomic E-state index is 0. The molecule has 2 rings (SSSR count). The standard InChI is InChI=1S/C7H13N.ClH/c1-7-4-2-6(8-7)3-5-7;/h6,8H,2-5H2,1H3;1H. The summed E-state index contributed by atoms with van der Waals surface area (Å²) >= 11 is 0. The number of nitrogens with one attached hydrogen (secondary N) is 1. The molecule has 2 aliphatic rings. The Morgan fingerprint density at radius 1 is 1.33 bits per heavy atom. The summed E-state index contributed by atoms with van der Waals surface area (Å²) in [5.41, 5.74) is 0.560. The molecule has 0 unspecified atom stereocenters. The first-order chi connectivity index (χ1) is 3.79. The van der Waals surface area contributed by atoms with Gasteiger partial charge in [0, 0.05) is 11.6 Å². The van der Waals surface area contributed by atoms with Crippen molar-refractivity contribution in [1.29, 1.82) is 0 Å². The van der Waals surface area contributed by atoms with E-state index >= 15 is 0 Å². The molecule has 0 radical (unpaired) electrons. The van der Waals surface area contributed by atoms with Crippen LogP contribution < -0.4 is 5.32 Å². The summed E-state index contributed by atoms with van der Waals surface area (Å²) in [6.07, 6.45) is 5.68. The van der Waals surface area contributed by atoms with Crippen molar-refractivity contribution < 1.29 is 0 Å². The molecule has 2 heterocycles. The van der Waals surface area contributed by atoms with Crippen molar-refractivity contribution in [2.45, 2.75) is 44.2 Å². The SMILES string of the molecule is CC12CCC(CC1)N2.Cl. The Hall–Kier alpha value is 0.250. The van der Waals surface area contributed by atoms with Crippen molar-refractivity contribution >= 4 is 12.4 Å². The molecule has 9 heavy (non-hydrogen) atoms. The Bertz CT molecular complexity index is 105. The van der Waals surface area contributed by atoms with Gasteiger partial charge in [-0.1, -0.05) is 0 Å². The Balaban J connectivity index is 0.000000405. The number of fused-ring (bicyclic) bond motifs is 2. The van der Waals surface area contributed by atoms with Crippen LogP contribution in [0.4, 0.5) is 0 Å². The normalized spacial score (nSPS) is 47.0. The molecule has 0 saturated carbocycles. The lowest BCUT2D eigenvalue weighted by Gasteiger charge is -2.18. The monoisotopic (exact) mass is 147 g/mol. The van der Waals surface area contributed by atoms with Crippen molar-refractivity contribution in [2.75, 3.05) is 0 Å². The van der Waals surface area contributed by atoms with Crippen LogP contribution in [0.5, 0.6) is 0 Å². The van der Waals surface area contributed by atoms with Crippen LogP contribution in [0.25, 0.3) is 0 Å². The zero-order chi connectivity index (χ0) is 5.61. The highest BCUT2D eigenvalue weighted by atomic mass is 35.5. The molecular formula is C7H14ClN. The Morgan fingerprint density at radius 2 is 1.89 bits per heavy atom. The van der Waals surface area contributed by atoms with Crippen LogP contribution in [-0.2, 0) is 0 Å². The van der Waals surface area contributed by atoms with Gasteiger partial charge >= 0.3 is 0 Å². The Morgan fingerprint density at radius 3 is 2.00 bits per heavy atom. The third kappa shape index (κ3) is 1.08. The second kappa shape index (κ2) is 2.14. The summed E-state index contributed by atoms with van der Waals surface area (Å²) in [5, 5.41) is 3.60. The van der Waals surface area contributed by atoms with Gasteiger partial charge in [0.2, 0.25) is 0 Å². The van der Waals surface area contributed by atoms with Crippen LogP contribution in [-0.4, -0.2) is 11.6 Å². The fourth-order valence-corrected chi connectivity index (χ4v) is 2.04. The third-order valence-electron chi connectivity index (χ3n) is 2.64. The van der Waals surface area contributed by atoms with Crippen LogP contribution in [0.15, 0.2) is 0 Å². The summed E-state index contributed by atoms with van der Waals surface area (Å²) in [5.74, 6) is 0. The lowest BCUT2D eigenvalue weighted by Crippen LogP contribution is -2.31. The summed E-state index contributed by atoms with van der Waals surface area (Å²) in [6, 6.07) is 0.889. The summed E-state index contributed by atoms with van der Waals surface area (Å²) in [6.45, 7) is 2.35. The van der Waals surface area contributed by atoms with E-state index in [1.807, 2.05) is 0 Å². The summed E-state index contributed by atoms with van der Waals surface area (Å²) in [7, 11) is 0. The number of rotatable bonds is 0. The van der Waals surface area contributed by atoms with Gasteiger partial charge in [0.05, 0.1) is 0 Å². The van der Waals surface area contributed by atoms with Gasteiger partial charge in [-0.15, -0.1) is 12.4 Å². The highest BCUT2D eigenvalue weighted by molar-refractivity contribution is 5.85. The van der Waals surface area contributed by atoms with Crippen LogP contribution in [0.1, 0.15) is 32.6 Å². The highest BCUT2D eigenvalue weighted by Crippen LogP contribution is 2.36. The second-order valence-electron chi connectivity index (χ2n) is 3.48. The summed E-state index contributed by atoms with van der Waals surface area (Å²) < 4.78 is 0. The first-order valence-corrected chi connectivity index (χ1v) is 3.56. The van der Waals surface area contributed by atoms with E-state index in [1.165, 1.54) is 25.7 Å². The fourth-order valence-electron chi connectivity index (χ4n) is 2.04. The van der Waals surface area contributed by atoms with Gasteiger partial charge < -0.3 is 5.32 Å². The Kier molecular flexibility index (Phi) is 1.75. The van der Waals surface area contributed by atoms with E-state index < -0.39 is 0 Å². The molecule has 0 spiro atoms. The van der Waals surface area contributed by atoms with Gasteiger partial charge in [0.15, 0.2) is 0 Å². The average molecular weight is 148 g/mol. The van der Waals surface area contributed by atoms with Gasteiger partial charge in [0.25, 0.3) is 0 Å². The first kappa shape index (κ1) is 7.36. The van der Waals surface area contributed by atoms with Crippen LogP contribution >= 0.6 is 12.4 Å². The van der Waals surface area contributed by atoms with Crippen molar-refractivity contribution in [3.63, 3.8) is 0 Å². The van der Waals surface area contributed by atoms with Gasteiger partial charge in [0.1, 0.15) is 0 Å². The lowest BCUT2D eigenvalue weighted by molar-refractivity contribution is 0.426. The van der Waals surface area contributed by atoms with Crippen LogP contribution in [0.2, 0.25) is 0 Å². The van der Waals surface area contributed by atoms with Gasteiger partial charge in [-0.2, -0.15) is 0 Å². The maximum Gasteiger partial charge on any atom is 0.0157 e. The summed E-state index contributed by atoms with van der Waals surface area (Å²) in [4.78, 5) is 0. The van der Waals surface area contributed by atoms with Crippen molar-refractivity contribution in [2.24, 2.45) is 0 Å². The van der Waals surface area contributed by atoms with Gasteiger partial charge in [-0.05, 0) is 32.6 Å². The van der Waals surface area contributed by atoms with Crippen LogP contribution in [0.3, 0.4) is 0 Å². The van der Waals surface area contributed by atoms with E-state index in [9.17, 15) is 0 Å². The molecule has 1 nitrogen and oxygen atoms in total. The molecule has 0 aromatic carbocycles. The minimum Gasteiger partial charge on any atom is -0.309 e. The zero-order valence-corrected chi connectivity index (χ0v) is 6.63. The predicted octanol–water partition coefficient (Wildman–Crippen LogP) is 1.71. The fraction of sp³-hybridized carbons (Fsp3) is 1.00. The molecule has 54 valence electrons. The second-order valence-corrected chi connectivity index (χ2v) is 3.48. The average Bonchev–Trinajstić information content (AvgIpc) is 2.21. The molecule has 0 amide bonds. The maximum absolute atomic E-state index is 3.60. The van der Waals surface area contributed by atoms with Crippen molar-refractivity contribution in [3.8, 4) is 0 Å². The molecule has 0 atom stereocenters. The number of hydrogen-bond donors (Lipinski definition) is 1. The lowest BCUT2D eigenvalue weighted by atomic mass is 9.90. The van der Waals surface area contributed by atoms with Gasteiger partial charge in [-0.25, -0.2) is 0 Å². The van der Waals surface area contributed by atoms with Crippen molar-refractivity contribution in [3.05, 3.63) is 0 Å². The molecule has 0 aliphatic carbocycles. The Labute approximate surface area is 62.6 Å². The molecular weight excluding hydrogens is 134 g/mol. The smallest absolute Gasteiger partial charge is 0.0157 e. The quantitative estimate of drug-likeness (QED) is 0.550. The number of halogens is 1. The van der Waals surface area contributed by atoms with Crippen molar-refractivity contribution in [1.82, 2.24) is 5.32 Å². The first-order valence-electron chi connectivity index (χ1n) is 3.56. The van der Waals surface area contributed by atoms with E-state index in [1.54, 1.807) is 0 Å². The highest BCUT2D eigenvalue weighted by Gasteiger charge is 2.39.